The second kappa shape index (κ2) is 9.15. The fourth-order valence-corrected chi connectivity index (χ4v) is 6.03. The molecule has 11 heteroatoms. The lowest BCUT2D eigenvalue weighted by Crippen LogP contribution is -2.58. The lowest BCUT2D eigenvalue weighted by Gasteiger charge is -2.40. The van der Waals surface area contributed by atoms with Crippen molar-refractivity contribution >= 4 is 43.4 Å². The summed E-state index contributed by atoms with van der Waals surface area (Å²) in [5, 5.41) is 12.5. The molecule has 0 radical (unpaired) electrons. The molecule has 2 saturated heterocycles. The zero-order valence-corrected chi connectivity index (χ0v) is 21.8. The molecular weight excluding hydrogens is 519 g/mol. The number of carbonyl (C=O) groups is 1. The lowest BCUT2D eigenvalue weighted by molar-refractivity contribution is -0.133. The second-order valence-electron chi connectivity index (χ2n) is 9.93. The Morgan fingerprint density at radius 2 is 2.00 bits per heavy atom. The van der Waals surface area contributed by atoms with Crippen LogP contribution in [-0.4, -0.2) is 63.4 Å². The molecule has 2 aromatic heterocycles. The minimum atomic E-state index is -1.10. The Morgan fingerprint density at radius 3 is 2.68 bits per heavy atom. The van der Waals surface area contributed by atoms with Crippen molar-refractivity contribution in [3.05, 3.63) is 76.1 Å². The van der Waals surface area contributed by atoms with Gasteiger partial charge in [-0.15, -0.1) is 8.58 Å². The first-order valence-corrected chi connectivity index (χ1v) is 13.7. The van der Waals surface area contributed by atoms with Crippen molar-refractivity contribution in [1.29, 1.82) is 0 Å². The van der Waals surface area contributed by atoms with Crippen LogP contribution in [0.1, 0.15) is 23.6 Å². The number of rotatable bonds is 6. The van der Waals surface area contributed by atoms with Gasteiger partial charge in [0.2, 0.25) is 5.91 Å². The molecule has 0 spiro atoms. The van der Waals surface area contributed by atoms with E-state index in [9.17, 15) is 9.90 Å². The minimum Gasteiger partial charge on any atom is -0.392 e. The van der Waals surface area contributed by atoms with Gasteiger partial charge >= 0.3 is 0 Å². The first kappa shape index (κ1) is 24.5. The van der Waals surface area contributed by atoms with Crippen LogP contribution in [0.3, 0.4) is 0 Å². The van der Waals surface area contributed by atoms with E-state index in [0.717, 1.165) is 14.7 Å². The Morgan fingerprint density at radius 1 is 1.22 bits per heavy atom. The van der Waals surface area contributed by atoms with Crippen LogP contribution >= 0.6 is 20.2 Å². The van der Waals surface area contributed by atoms with Gasteiger partial charge in [0.1, 0.15) is 11.6 Å². The monoisotopic (exact) mass is 543 g/mol. The molecule has 1 amide bonds. The molecular formula is C26H25ClF2N5O2P. The van der Waals surface area contributed by atoms with Gasteiger partial charge in [0.25, 0.3) is 0 Å². The number of halogens is 3. The molecule has 2 fully saturated rings. The number of anilines is 3. The molecule has 192 valence electrons. The predicted octanol–water partition coefficient (Wildman–Crippen LogP) is 4.04. The standard InChI is InChI=1S/C26H25ClF2N5O2P/c1-26(16-3-2-4-17(27)22(16)28)13-34(20-6-5-14(11-35)7-30-20)18-8-31-24(23(29)21(18)26)32-15-9-33(10-15)25(36)19-12-37-19/h2-8,15,19,35,37H,9-13H2,1H3,(H,31,32)/t19?,26-/m1/s1. The third-order valence-electron chi connectivity index (χ3n) is 7.37. The Hall–Kier alpha value is -2.87. The summed E-state index contributed by atoms with van der Waals surface area (Å²) in [6, 6.07) is 8.11. The summed E-state index contributed by atoms with van der Waals surface area (Å²) in [6.45, 7) is 2.86. The molecule has 3 aliphatic heterocycles. The van der Waals surface area contributed by atoms with Crippen molar-refractivity contribution in [2.45, 2.75) is 30.6 Å². The lowest BCUT2D eigenvalue weighted by atomic mass is 9.77. The molecule has 3 aromatic rings. The van der Waals surface area contributed by atoms with E-state index >= 15 is 8.78 Å². The number of hydrogen-bond acceptors (Lipinski definition) is 6. The van der Waals surface area contributed by atoms with Crippen molar-refractivity contribution in [1.82, 2.24) is 14.9 Å². The van der Waals surface area contributed by atoms with Crippen LogP contribution in [0.4, 0.5) is 26.1 Å². The number of likely N-dealkylation sites (tertiary alicyclic amines) is 1. The highest BCUT2D eigenvalue weighted by Crippen LogP contribution is 2.50. The van der Waals surface area contributed by atoms with Gasteiger partial charge in [-0.25, -0.2) is 18.7 Å². The normalized spacial score (nSPS) is 23.2. The van der Waals surface area contributed by atoms with Gasteiger partial charge < -0.3 is 20.2 Å². The Labute approximate surface area is 219 Å². The number of aliphatic hydroxyl groups excluding tert-OH is 1. The van der Waals surface area contributed by atoms with Crippen LogP contribution in [0.5, 0.6) is 0 Å². The summed E-state index contributed by atoms with van der Waals surface area (Å²) in [5.74, 6) is -0.383. The largest absolute Gasteiger partial charge is 0.392 e. The zero-order valence-electron chi connectivity index (χ0n) is 20.0. The number of carbonyl (C=O) groups excluding carboxylic acids is 1. The number of nitrogens with one attached hydrogen (secondary N) is 1. The average molecular weight is 544 g/mol. The number of aromatic nitrogens is 2. The molecule has 0 aliphatic carbocycles. The molecule has 6 rings (SSSR count). The Kier molecular flexibility index (Phi) is 6.05. The van der Waals surface area contributed by atoms with Gasteiger partial charge in [0.15, 0.2) is 11.6 Å². The van der Waals surface area contributed by atoms with E-state index in [1.54, 1.807) is 53.4 Å². The summed E-state index contributed by atoms with van der Waals surface area (Å²) in [7, 11) is 0.718. The maximum atomic E-state index is 16.3. The van der Waals surface area contributed by atoms with Crippen molar-refractivity contribution in [3.63, 3.8) is 0 Å². The van der Waals surface area contributed by atoms with Gasteiger partial charge in [-0.05, 0) is 30.8 Å². The van der Waals surface area contributed by atoms with Gasteiger partial charge in [-0.2, -0.15) is 0 Å². The van der Waals surface area contributed by atoms with E-state index in [1.807, 2.05) is 0 Å². The Bertz CT molecular complexity index is 1380. The first-order chi connectivity index (χ1) is 17.8. The number of fused-ring (bicyclic) bond motifs is 1. The SMILES string of the molecule is C[C@]1(c2cccc(Cl)c2F)CN(c2ccc(CO)cn2)c2cnc(NC3CN(C(=O)C4CP4)C3)c(F)c21. The van der Waals surface area contributed by atoms with Gasteiger partial charge in [0.05, 0.1) is 35.2 Å². The Balaban J connectivity index is 1.37. The smallest absolute Gasteiger partial charge is 0.230 e. The first-order valence-electron chi connectivity index (χ1n) is 12.1. The highest BCUT2D eigenvalue weighted by atomic mass is 35.5. The molecule has 2 N–H and O–H groups in total. The molecule has 5 heterocycles. The van der Waals surface area contributed by atoms with E-state index in [4.69, 9.17) is 11.6 Å². The molecule has 0 saturated carbocycles. The van der Waals surface area contributed by atoms with Crippen LogP contribution in [0, 0.1) is 11.6 Å². The van der Waals surface area contributed by atoms with Crippen LogP contribution in [0.15, 0.2) is 42.7 Å². The number of aliphatic hydroxyl groups is 1. The van der Waals surface area contributed by atoms with Crippen LogP contribution < -0.4 is 10.2 Å². The molecule has 3 atom stereocenters. The summed E-state index contributed by atoms with van der Waals surface area (Å²) in [4.78, 5) is 24.7. The van der Waals surface area contributed by atoms with Gasteiger partial charge in [0, 0.05) is 42.4 Å². The van der Waals surface area contributed by atoms with Crippen LogP contribution in [-0.2, 0) is 16.8 Å². The number of pyridine rings is 2. The fourth-order valence-electron chi connectivity index (χ4n) is 5.21. The third-order valence-corrected chi connectivity index (χ3v) is 8.73. The van der Waals surface area contributed by atoms with Gasteiger partial charge in [-0.3, -0.25) is 4.79 Å². The fraction of sp³-hybridized carbons (Fsp3) is 0.346. The van der Waals surface area contributed by atoms with Crippen molar-refractivity contribution in [2.75, 3.05) is 36.0 Å². The molecule has 2 unspecified atom stereocenters. The summed E-state index contributed by atoms with van der Waals surface area (Å²) < 4.78 is 31.6. The number of nitrogens with zero attached hydrogens (tertiary/aromatic N) is 4. The summed E-state index contributed by atoms with van der Waals surface area (Å²) in [6.07, 6.45) is 4.10. The molecule has 0 bridgehead atoms. The molecule has 1 aromatic carbocycles. The number of benzene rings is 1. The predicted molar refractivity (Wildman–Crippen MR) is 140 cm³/mol. The van der Waals surface area contributed by atoms with E-state index in [0.29, 0.717) is 35.7 Å². The highest BCUT2D eigenvalue weighted by molar-refractivity contribution is 7.49. The number of amides is 1. The molecule has 37 heavy (non-hydrogen) atoms. The molecule has 7 nitrogen and oxygen atoms in total. The van der Waals surface area contributed by atoms with E-state index in [1.165, 1.54) is 6.07 Å². The minimum absolute atomic E-state index is 0.0348. The van der Waals surface area contributed by atoms with Crippen molar-refractivity contribution in [3.8, 4) is 0 Å². The van der Waals surface area contributed by atoms with Gasteiger partial charge in [-0.1, -0.05) is 29.8 Å². The van der Waals surface area contributed by atoms with Crippen LogP contribution in [0.2, 0.25) is 5.02 Å². The maximum absolute atomic E-state index is 16.3. The highest BCUT2D eigenvalue weighted by Gasteiger charge is 2.47. The van der Waals surface area contributed by atoms with Crippen LogP contribution in [0.25, 0.3) is 0 Å². The van der Waals surface area contributed by atoms with E-state index in [-0.39, 0.29) is 47.2 Å². The second-order valence-corrected chi connectivity index (χ2v) is 11.8. The van der Waals surface area contributed by atoms with Crippen molar-refractivity contribution in [2.24, 2.45) is 0 Å². The summed E-state index contributed by atoms with van der Waals surface area (Å²) in [5.41, 5.74) is 0.776. The third kappa shape index (κ3) is 4.13. The topological polar surface area (TPSA) is 81.6 Å². The van der Waals surface area contributed by atoms with E-state index in [2.05, 4.69) is 15.3 Å². The van der Waals surface area contributed by atoms with Crippen molar-refractivity contribution < 1.29 is 18.7 Å². The summed E-state index contributed by atoms with van der Waals surface area (Å²) >= 11 is 6.13. The molecule has 3 aliphatic rings. The quantitative estimate of drug-likeness (QED) is 0.457. The number of hydrogen-bond donors (Lipinski definition) is 2. The zero-order chi connectivity index (χ0) is 25.9. The maximum Gasteiger partial charge on any atom is 0.230 e. The van der Waals surface area contributed by atoms with E-state index < -0.39 is 17.0 Å². The average Bonchev–Trinajstić information content (AvgIpc) is 3.67.